The van der Waals surface area contributed by atoms with Crippen molar-refractivity contribution < 1.29 is 15.0 Å². The van der Waals surface area contributed by atoms with Gasteiger partial charge in [-0.2, -0.15) is 0 Å². The highest BCUT2D eigenvalue weighted by atomic mass is 16.6. The normalized spacial score (nSPS) is 9.00. The van der Waals surface area contributed by atoms with Crippen molar-refractivity contribution in [2.24, 2.45) is 0 Å². The molecule has 0 atom stereocenters. The van der Waals surface area contributed by atoms with Crippen LogP contribution in [0.4, 0.5) is 4.79 Å². The standard InChI is InChI=1S/C10H22.CH2O3/c1-3-5-7-9-10-8-6-4-2;2-1(3)4/h3-10H2,1-2H3;(H2,2,3,4). The molecule has 0 aromatic rings. The van der Waals surface area contributed by atoms with Gasteiger partial charge in [-0.15, -0.1) is 0 Å². The van der Waals surface area contributed by atoms with E-state index in [9.17, 15) is 0 Å². The van der Waals surface area contributed by atoms with Gasteiger partial charge >= 0.3 is 6.16 Å². The second kappa shape index (κ2) is 14.8. The summed E-state index contributed by atoms with van der Waals surface area (Å²) in [6.07, 6.45) is 9.63. The highest BCUT2D eigenvalue weighted by Crippen LogP contribution is 2.07. The average Bonchev–Trinajstić information content (AvgIpc) is 2.10. The summed E-state index contributed by atoms with van der Waals surface area (Å²) in [6.45, 7) is 4.54. The third kappa shape index (κ3) is 30.2. The lowest BCUT2D eigenvalue weighted by molar-refractivity contribution is 0.137. The fourth-order valence-corrected chi connectivity index (χ4v) is 1.21. The van der Waals surface area contributed by atoms with Gasteiger partial charge in [0.05, 0.1) is 0 Å². The quantitative estimate of drug-likeness (QED) is 0.605. The molecule has 0 aliphatic carbocycles. The van der Waals surface area contributed by atoms with E-state index >= 15 is 0 Å². The third-order valence-corrected chi connectivity index (χ3v) is 1.96. The first kappa shape index (κ1) is 15.7. The monoisotopic (exact) mass is 204 g/mol. The maximum absolute atomic E-state index is 8.56. The maximum Gasteiger partial charge on any atom is 0.503 e. The zero-order valence-corrected chi connectivity index (χ0v) is 9.46. The summed E-state index contributed by atoms with van der Waals surface area (Å²) in [5.41, 5.74) is 0. The highest BCUT2D eigenvalue weighted by Gasteiger charge is 1.87. The Labute approximate surface area is 87.1 Å². The van der Waals surface area contributed by atoms with Crippen LogP contribution in [0.5, 0.6) is 0 Å². The first-order valence-corrected chi connectivity index (χ1v) is 5.57. The van der Waals surface area contributed by atoms with Crippen molar-refractivity contribution in [2.75, 3.05) is 0 Å². The van der Waals surface area contributed by atoms with Crippen LogP contribution < -0.4 is 0 Å². The van der Waals surface area contributed by atoms with E-state index in [4.69, 9.17) is 15.0 Å². The summed E-state index contributed by atoms with van der Waals surface area (Å²) < 4.78 is 0. The first-order chi connectivity index (χ1) is 6.65. The van der Waals surface area contributed by atoms with Gasteiger partial charge in [0.2, 0.25) is 0 Å². The topological polar surface area (TPSA) is 57.5 Å². The van der Waals surface area contributed by atoms with Gasteiger partial charge in [-0.1, -0.05) is 65.2 Å². The van der Waals surface area contributed by atoms with E-state index in [-0.39, 0.29) is 0 Å². The van der Waals surface area contributed by atoms with Gasteiger partial charge in [0.25, 0.3) is 0 Å². The molecule has 0 radical (unpaired) electrons. The van der Waals surface area contributed by atoms with E-state index in [1.165, 1.54) is 51.4 Å². The molecule has 0 unspecified atom stereocenters. The Morgan fingerprint density at radius 3 is 1.21 bits per heavy atom. The van der Waals surface area contributed by atoms with E-state index in [1.807, 2.05) is 0 Å². The lowest BCUT2D eigenvalue weighted by atomic mass is 10.1. The lowest BCUT2D eigenvalue weighted by Gasteiger charge is -1.97. The fraction of sp³-hybridized carbons (Fsp3) is 0.909. The molecule has 0 heterocycles. The number of unbranched alkanes of at least 4 members (excludes halogenated alkanes) is 7. The zero-order chi connectivity index (χ0) is 11.2. The predicted molar refractivity (Wildman–Crippen MR) is 58.9 cm³/mol. The Kier molecular flexibility index (Phi) is 16.6. The molecule has 0 saturated carbocycles. The first-order valence-electron chi connectivity index (χ1n) is 5.57. The predicted octanol–water partition coefficient (Wildman–Crippen LogP) is 4.37. The van der Waals surface area contributed by atoms with Crippen molar-refractivity contribution in [3.8, 4) is 0 Å². The minimum atomic E-state index is -1.83. The number of hydrogen-bond acceptors (Lipinski definition) is 1. The summed E-state index contributed by atoms with van der Waals surface area (Å²) >= 11 is 0. The Balaban J connectivity index is 0. The Bertz CT molecular complexity index is 101. The maximum atomic E-state index is 8.56. The summed E-state index contributed by atoms with van der Waals surface area (Å²) in [7, 11) is 0. The van der Waals surface area contributed by atoms with Crippen LogP contribution in [0.25, 0.3) is 0 Å². The van der Waals surface area contributed by atoms with Gasteiger partial charge in [-0.3, -0.25) is 0 Å². The minimum Gasteiger partial charge on any atom is -0.450 e. The second-order valence-corrected chi connectivity index (χ2v) is 3.40. The molecule has 0 aliphatic rings. The van der Waals surface area contributed by atoms with Crippen LogP contribution in [0.1, 0.15) is 65.2 Å². The number of carboxylic acid groups (broad SMARTS) is 2. The molecule has 0 aromatic heterocycles. The van der Waals surface area contributed by atoms with Crippen LogP contribution in [0, 0.1) is 0 Å². The molecule has 3 heteroatoms. The molecule has 0 aliphatic heterocycles. The molecule has 0 saturated heterocycles. The van der Waals surface area contributed by atoms with Crippen LogP contribution >= 0.6 is 0 Å². The Morgan fingerprint density at radius 1 is 0.786 bits per heavy atom. The molecule has 0 bridgehead atoms. The van der Waals surface area contributed by atoms with Crippen LogP contribution in [0.15, 0.2) is 0 Å². The van der Waals surface area contributed by atoms with Crippen molar-refractivity contribution in [1.82, 2.24) is 0 Å². The molecule has 14 heavy (non-hydrogen) atoms. The Hall–Kier alpha value is -0.730. The molecule has 0 fully saturated rings. The van der Waals surface area contributed by atoms with Crippen LogP contribution in [-0.2, 0) is 0 Å². The number of carbonyl (C=O) groups is 1. The molecule has 2 N–H and O–H groups in total. The number of hydrogen-bond donors (Lipinski definition) is 2. The van der Waals surface area contributed by atoms with Gasteiger partial charge < -0.3 is 10.2 Å². The van der Waals surface area contributed by atoms with Crippen molar-refractivity contribution in [3.05, 3.63) is 0 Å². The van der Waals surface area contributed by atoms with E-state index < -0.39 is 6.16 Å². The summed E-state index contributed by atoms with van der Waals surface area (Å²) in [6, 6.07) is 0. The minimum absolute atomic E-state index is 1.37. The fourth-order valence-electron chi connectivity index (χ4n) is 1.21. The second-order valence-electron chi connectivity index (χ2n) is 3.40. The van der Waals surface area contributed by atoms with Gasteiger partial charge in [0.15, 0.2) is 0 Å². The SMILES string of the molecule is CCCCCCCCCC.O=C(O)O. The van der Waals surface area contributed by atoms with E-state index in [2.05, 4.69) is 13.8 Å². The largest absolute Gasteiger partial charge is 0.503 e. The van der Waals surface area contributed by atoms with Crippen LogP contribution in [0.2, 0.25) is 0 Å². The summed E-state index contributed by atoms with van der Waals surface area (Å²) in [5, 5.41) is 13.9. The summed E-state index contributed by atoms with van der Waals surface area (Å²) in [5.74, 6) is 0. The van der Waals surface area contributed by atoms with E-state index in [0.717, 1.165) is 0 Å². The Morgan fingerprint density at radius 2 is 1.00 bits per heavy atom. The average molecular weight is 204 g/mol. The van der Waals surface area contributed by atoms with E-state index in [0.29, 0.717) is 0 Å². The molecular formula is C11H24O3. The smallest absolute Gasteiger partial charge is 0.450 e. The molecular weight excluding hydrogens is 180 g/mol. The van der Waals surface area contributed by atoms with E-state index in [1.54, 1.807) is 0 Å². The molecule has 86 valence electrons. The van der Waals surface area contributed by atoms with Crippen LogP contribution in [-0.4, -0.2) is 16.4 Å². The van der Waals surface area contributed by atoms with Crippen molar-refractivity contribution >= 4 is 6.16 Å². The van der Waals surface area contributed by atoms with Gasteiger partial charge in [0.1, 0.15) is 0 Å². The van der Waals surface area contributed by atoms with Gasteiger partial charge in [-0.05, 0) is 0 Å². The number of rotatable bonds is 7. The van der Waals surface area contributed by atoms with Gasteiger partial charge in [-0.25, -0.2) is 4.79 Å². The van der Waals surface area contributed by atoms with Crippen molar-refractivity contribution in [2.45, 2.75) is 65.2 Å². The van der Waals surface area contributed by atoms with Gasteiger partial charge in [0, 0.05) is 0 Å². The molecule has 3 nitrogen and oxygen atoms in total. The third-order valence-electron chi connectivity index (χ3n) is 1.96. The van der Waals surface area contributed by atoms with Crippen molar-refractivity contribution in [1.29, 1.82) is 0 Å². The molecule has 0 spiro atoms. The zero-order valence-electron chi connectivity index (χ0n) is 9.46. The highest BCUT2D eigenvalue weighted by molar-refractivity contribution is 5.53. The molecule has 0 amide bonds. The molecule has 0 aromatic carbocycles. The van der Waals surface area contributed by atoms with Crippen molar-refractivity contribution in [3.63, 3.8) is 0 Å². The molecule has 0 rings (SSSR count). The summed E-state index contributed by atoms with van der Waals surface area (Å²) in [4.78, 5) is 8.56. The van der Waals surface area contributed by atoms with Crippen LogP contribution in [0.3, 0.4) is 0 Å². The lowest BCUT2D eigenvalue weighted by Crippen LogP contribution is -1.81.